The van der Waals surface area contributed by atoms with Crippen LogP contribution >= 0.6 is 0 Å². The van der Waals surface area contributed by atoms with E-state index in [1.54, 1.807) is 6.92 Å². The first-order chi connectivity index (χ1) is 9.71. The Bertz CT molecular complexity index is 378. The van der Waals surface area contributed by atoms with E-state index in [2.05, 4.69) is 33.7 Å². The summed E-state index contributed by atoms with van der Waals surface area (Å²) < 4.78 is 11.9. The van der Waals surface area contributed by atoms with Gasteiger partial charge in [0.1, 0.15) is 0 Å². The van der Waals surface area contributed by atoms with E-state index in [1.807, 2.05) is 18.7 Å². The predicted octanol–water partition coefficient (Wildman–Crippen LogP) is 3.21. The lowest BCUT2D eigenvalue weighted by atomic mass is 9.84. The number of nitrogens with zero attached hydrogens (tertiary/aromatic N) is 1. The molecule has 2 fully saturated rings. The molecule has 1 amide bonds. The Kier molecular flexibility index (Phi) is 6.06. The van der Waals surface area contributed by atoms with Crippen molar-refractivity contribution in [3.8, 4) is 0 Å². The number of likely N-dealkylation sites (tertiary alicyclic amines) is 1. The van der Waals surface area contributed by atoms with Gasteiger partial charge in [0.15, 0.2) is 0 Å². The molecule has 0 aromatic carbocycles. The highest BCUT2D eigenvalue weighted by atomic mass is 16.7. The van der Waals surface area contributed by atoms with Crippen LogP contribution in [0, 0.1) is 0 Å². The van der Waals surface area contributed by atoms with Gasteiger partial charge in [-0.3, -0.25) is 4.79 Å². The first-order valence-corrected chi connectivity index (χ1v) is 8.02. The van der Waals surface area contributed by atoms with E-state index in [0.717, 1.165) is 25.9 Å². The second-order valence-corrected chi connectivity index (χ2v) is 6.46. The van der Waals surface area contributed by atoms with E-state index in [0.29, 0.717) is 0 Å². The minimum Gasteiger partial charge on any atom is -0.400 e. The highest BCUT2D eigenvalue weighted by Crippen LogP contribution is 2.37. The van der Waals surface area contributed by atoms with Crippen LogP contribution in [-0.4, -0.2) is 42.2 Å². The lowest BCUT2D eigenvalue weighted by Gasteiger charge is -2.32. The lowest BCUT2D eigenvalue weighted by molar-refractivity contribution is -0.129. The van der Waals surface area contributed by atoms with E-state index < -0.39 is 0 Å². The second-order valence-electron chi connectivity index (χ2n) is 6.46. The Balaban J connectivity index is 0.00000106. The van der Waals surface area contributed by atoms with Crippen LogP contribution in [0.5, 0.6) is 0 Å². The molecular formula is C16H30BNO3. The van der Waals surface area contributed by atoms with Gasteiger partial charge in [0.25, 0.3) is 0 Å². The molecule has 0 radical (unpaired) electrons. The van der Waals surface area contributed by atoms with Gasteiger partial charge in [-0.05, 0) is 40.5 Å². The molecule has 5 heteroatoms. The standard InChI is InChI=1S/C14H24BNO3.C2H6/c1-11(17)16-8-6-12(7-9-16)10-15-18-13(2,3)14(4,5)19-15;1-2/h10H,6-9H2,1-5H3;1-2H3. The van der Waals surface area contributed by atoms with Crippen LogP contribution < -0.4 is 0 Å². The zero-order valence-corrected chi connectivity index (χ0v) is 14.7. The summed E-state index contributed by atoms with van der Waals surface area (Å²) in [5.74, 6) is 2.25. The molecule has 2 rings (SSSR count). The average molecular weight is 295 g/mol. The number of piperidine rings is 1. The lowest BCUT2D eigenvalue weighted by Crippen LogP contribution is -2.41. The summed E-state index contributed by atoms with van der Waals surface area (Å²) in [6.45, 7) is 15.5. The van der Waals surface area contributed by atoms with Crippen molar-refractivity contribution in [2.45, 2.75) is 72.5 Å². The van der Waals surface area contributed by atoms with Gasteiger partial charge in [-0.15, -0.1) is 0 Å². The normalized spacial score (nSPS) is 23.5. The molecule has 2 saturated heterocycles. The second kappa shape index (κ2) is 6.97. The number of amides is 1. The summed E-state index contributed by atoms with van der Waals surface area (Å²) in [4.78, 5) is 13.2. The van der Waals surface area contributed by atoms with Crippen LogP contribution in [0.25, 0.3) is 0 Å². The van der Waals surface area contributed by atoms with Gasteiger partial charge in [0, 0.05) is 20.0 Å². The number of carbonyl (C=O) groups is 1. The molecule has 21 heavy (non-hydrogen) atoms. The van der Waals surface area contributed by atoms with Gasteiger partial charge in [0.05, 0.1) is 11.2 Å². The molecule has 2 heterocycles. The predicted molar refractivity (Wildman–Crippen MR) is 87.0 cm³/mol. The highest BCUT2D eigenvalue weighted by Gasteiger charge is 2.50. The van der Waals surface area contributed by atoms with Crippen molar-refractivity contribution in [2.24, 2.45) is 0 Å². The first-order valence-electron chi connectivity index (χ1n) is 8.02. The van der Waals surface area contributed by atoms with Crippen molar-refractivity contribution in [3.05, 3.63) is 11.5 Å². The van der Waals surface area contributed by atoms with Crippen LogP contribution in [0.2, 0.25) is 0 Å². The third-order valence-corrected chi connectivity index (χ3v) is 4.49. The van der Waals surface area contributed by atoms with E-state index in [9.17, 15) is 4.79 Å². The third kappa shape index (κ3) is 4.33. The van der Waals surface area contributed by atoms with Gasteiger partial charge in [-0.1, -0.05) is 25.4 Å². The maximum atomic E-state index is 11.3. The van der Waals surface area contributed by atoms with Crippen LogP contribution in [0.1, 0.15) is 61.3 Å². The van der Waals surface area contributed by atoms with Gasteiger partial charge >= 0.3 is 7.12 Å². The number of hydrogen-bond donors (Lipinski definition) is 0. The molecule has 4 nitrogen and oxygen atoms in total. The van der Waals surface area contributed by atoms with Gasteiger partial charge in [-0.2, -0.15) is 0 Å². The largest absolute Gasteiger partial charge is 0.487 e. The van der Waals surface area contributed by atoms with Gasteiger partial charge in [-0.25, -0.2) is 0 Å². The van der Waals surface area contributed by atoms with Crippen molar-refractivity contribution in [1.29, 1.82) is 0 Å². The summed E-state index contributed by atoms with van der Waals surface area (Å²) in [7, 11) is -0.260. The first kappa shape index (κ1) is 18.2. The molecule has 2 aliphatic rings. The number of hydrogen-bond acceptors (Lipinski definition) is 3. The minimum absolute atomic E-state index is 0.162. The molecule has 0 unspecified atom stereocenters. The van der Waals surface area contributed by atoms with Crippen LogP contribution in [0.4, 0.5) is 0 Å². The van der Waals surface area contributed by atoms with Crippen LogP contribution in [0.3, 0.4) is 0 Å². The van der Waals surface area contributed by atoms with Crippen LogP contribution in [0.15, 0.2) is 11.5 Å². The number of rotatable bonds is 1. The molecule has 0 atom stereocenters. The van der Waals surface area contributed by atoms with E-state index >= 15 is 0 Å². The SMILES string of the molecule is CC.CC(=O)N1CCC(=CB2OC(C)(C)C(C)(C)O2)CC1. The van der Waals surface area contributed by atoms with Crippen molar-refractivity contribution >= 4 is 13.0 Å². The fraction of sp³-hybridized carbons (Fsp3) is 0.812. The molecule has 0 bridgehead atoms. The maximum Gasteiger partial charge on any atom is 0.487 e. The van der Waals surface area contributed by atoms with Gasteiger partial charge in [0.2, 0.25) is 5.91 Å². The van der Waals surface area contributed by atoms with Gasteiger partial charge < -0.3 is 14.2 Å². The molecule has 2 aliphatic heterocycles. The maximum absolute atomic E-state index is 11.3. The Hall–Kier alpha value is -0.805. The minimum atomic E-state index is -0.283. The van der Waals surface area contributed by atoms with Crippen molar-refractivity contribution < 1.29 is 14.1 Å². The summed E-state index contributed by atoms with van der Waals surface area (Å²) in [6.07, 6.45) is 1.84. The summed E-state index contributed by atoms with van der Waals surface area (Å²) in [5, 5.41) is 0. The van der Waals surface area contributed by atoms with Crippen LogP contribution in [-0.2, 0) is 14.1 Å². The summed E-state index contributed by atoms with van der Waals surface area (Å²) in [5.41, 5.74) is 0.764. The monoisotopic (exact) mass is 295 g/mol. The molecule has 120 valence electrons. The summed E-state index contributed by atoms with van der Waals surface area (Å²) in [6, 6.07) is 0. The molecule has 0 N–H and O–H groups in total. The third-order valence-electron chi connectivity index (χ3n) is 4.49. The Labute approximate surface area is 130 Å². The molecule has 0 aliphatic carbocycles. The Morgan fingerprint density at radius 1 is 1.10 bits per heavy atom. The molecular weight excluding hydrogens is 265 g/mol. The fourth-order valence-electron chi connectivity index (χ4n) is 2.42. The van der Waals surface area contributed by atoms with Crippen molar-refractivity contribution in [1.82, 2.24) is 4.90 Å². The fourth-order valence-corrected chi connectivity index (χ4v) is 2.42. The molecule has 0 saturated carbocycles. The van der Waals surface area contributed by atoms with Crippen molar-refractivity contribution in [3.63, 3.8) is 0 Å². The van der Waals surface area contributed by atoms with E-state index in [-0.39, 0.29) is 24.2 Å². The Morgan fingerprint density at radius 2 is 1.52 bits per heavy atom. The van der Waals surface area contributed by atoms with Crippen molar-refractivity contribution in [2.75, 3.05) is 13.1 Å². The van der Waals surface area contributed by atoms with E-state index in [1.165, 1.54) is 5.57 Å². The average Bonchev–Trinajstić information content (AvgIpc) is 2.60. The Morgan fingerprint density at radius 3 is 1.90 bits per heavy atom. The smallest absolute Gasteiger partial charge is 0.400 e. The molecule has 0 spiro atoms. The van der Waals surface area contributed by atoms with E-state index in [4.69, 9.17) is 9.31 Å². The summed E-state index contributed by atoms with van der Waals surface area (Å²) >= 11 is 0. The zero-order valence-electron chi connectivity index (χ0n) is 14.7. The number of carbonyl (C=O) groups excluding carboxylic acids is 1. The topological polar surface area (TPSA) is 38.8 Å². The molecule has 0 aromatic heterocycles. The quantitative estimate of drug-likeness (QED) is 0.697. The zero-order chi connectivity index (χ0) is 16.3. The molecule has 0 aromatic rings. The highest BCUT2D eigenvalue weighted by molar-refractivity contribution is 6.51.